The first-order chi connectivity index (χ1) is 20.7. The van der Waals surface area contributed by atoms with Crippen LogP contribution in [0.5, 0.6) is 0 Å². The molecule has 0 amide bonds. The summed E-state index contributed by atoms with van der Waals surface area (Å²) in [5.74, 6) is 0.638. The van der Waals surface area contributed by atoms with Crippen molar-refractivity contribution >= 4 is 35.5 Å². The molecular weight excluding hydrogens is 586 g/mol. The van der Waals surface area contributed by atoms with Crippen LogP contribution in [-0.2, 0) is 27.8 Å². The molecule has 0 N–H and O–H groups in total. The van der Waals surface area contributed by atoms with Crippen LogP contribution in [0.1, 0.15) is 56.9 Å². The Morgan fingerprint density at radius 3 is 2.63 bits per heavy atom. The predicted octanol–water partition coefficient (Wildman–Crippen LogP) is 5.05. The summed E-state index contributed by atoms with van der Waals surface area (Å²) in [6, 6.07) is 2.02. The van der Waals surface area contributed by atoms with E-state index in [4.69, 9.17) is 23.0 Å². The molecule has 1 aromatic rings. The summed E-state index contributed by atoms with van der Waals surface area (Å²) in [5, 5.41) is 0. The average Bonchev–Trinajstić information content (AvgIpc) is 3.73. The summed E-state index contributed by atoms with van der Waals surface area (Å²) in [4.78, 5) is 32.9. The molecule has 43 heavy (non-hydrogen) atoms. The SMILES string of the molecule is CC1=CC2=C(N=CC2[C@@H]2O[C@H](COP(C)O[C@@H]3C(C)[C@H](C4C=Cc5c(C)ccnc54)O[C@@H]3COP[O-])[C@H](C)C2C)C(=O)C1. The molecule has 0 bridgehead atoms. The second kappa shape index (κ2) is 13.0. The number of aliphatic imine (C=N–C) groups is 1. The molecule has 0 spiro atoms. The molecule has 5 aliphatic rings. The topological polar surface area (TPSA) is 112 Å². The van der Waals surface area contributed by atoms with Crippen molar-refractivity contribution < 1.29 is 32.7 Å². The number of hydrogen-bond acceptors (Lipinski definition) is 9. The van der Waals surface area contributed by atoms with Crippen molar-refractivity contribution in [2.24, 2.45) is 28.7 Å². The molecule has 232 valence electrons. The molecule has 0 aromatic carbocycles. The van der Waals surface area contributed by atoms with E-state index in [-0.39, 0.29) is 72.5 Å². The Kier molecular flexibility index (Phi) is 9.45. The summed E-state index contributed by atoms with van der Waals surface area (Å²) in [7, 11) is -2.13. The van der Waals surface area contributed by atoms with Crippen molar-refractivity contribution in [3.05, 3.63) is 58.1 Å². The van der Waals surface area contributed by atoms with Crippen LogP contribution >= 0.6 is 17.4 Å². The van der Waals surface area contributed by atoms with E-state index < -0.39 is 17.4 Å². The maximum Gasteiger partial charge on any atom is 0.185 e. The Labute approximate surface area is 257 Å². The predicted molar refractivity (Wildman–Crippen MR) is 166 cm³/mol. The van der Waals surface area contributed by atoms with E-state index in [1.807, 2.05) is 32.1 Å². The molecule has 1 aromatic heterocycles. The van der Waals surface area contributed by atoms with Gasteiger partial charge in [-0.15, -0.1) is 0 Å². The Hall–Kier alpha value is -1.67. The highest BCUT2D eigenvalue weighted by molar-refractivity contribution is 7.46. The zero-order chi connectivity index (χ0) is 30.4. The smallest absolute Gasteiger partial charge is 0.185 e. The van der Waals surface area contributed by atoms with Crippen molar-refractivity contribution in [1.29, 1.82) is 0 Å². The van der Waals surface area contributed by atoms with E-state index >= 15 is 0 Å². The number of allylic oxidation sites excluding steroid dienone is 3. The lowest BCUT2D eigenvalue weighted by Crippen LogP contribution is -2.31. The van der Waals surface area contributed by atoms with Gasteiger partial charge in [0.1, 0.15) is 11.8 Å². The molecular formula is C32H41N2O7P2-. The highest BCUT2D eigenvalue weighted by Gasteiger charge is 2.49. The highest BCUT2D eigenvalue weighted by atomic mass is 31.2. The number of carbonyl (C=O) groups is 1. The van der Waals surface area contributed by atoms with Gasteiger partial charge in [0, 0.05) is 43.3 Å². The summed E-state index contributed by atoms with van der Waals surface area (Å²) in [6.45, 7) is 13.2. The fourth-order valence-electron chi connectivity index (χ4n) is 7.23. The summed E-state index contributed by atoms with van der Waals surface area (Å²) in [5.41, 5.74) is 6.01. The van der Waals surface area contributed by atoms with Gasteiger partial charge in [0.15, 0.2) is 14.2 Å². The quantitative estimate of drug-likeness (QED) is 0.332. The first-order valence-electron chi connectivity index (χ1n) is 15.1. The highest BCUT2D eigenvalue weighted by Crippen LogP contribution is 2.48. The zero-order valence-corrected chi connectivity index (χ0v) is 27.5. The molecule has 12 atom stereocenters. The monoisotopic (exact) mass is 627 g/mol. The number of pyridine rings is 1. The summed E-state index contributed by atoms with van der Waals surface area (Å²) < 4.78 is 31.3. The second-order valence-electron chi connectivity index (χ2n) is 12.6. The van der Waals surface area contributed by atoms with Crippen molar-refractivity contribution in [3.8, 4) is 0 Å². The van der Waals surface area contributed by atoms with Gasteiger partial charge in [0.05, 0.1) is 43.3 Å². The number of rotatable bonds is 10. The first kappa shape index (κ1) is 31.3. The zero-order valence-electron chi connectivity index (χ0n) is 25.6. The molecule has 2 aliphatic carbocycles. The van der Waals surface area contributed by atoms with Gasteiger partial charge in [-0.2, -0.15) is 0 Å². The van der Waals surface area contributed by atoms with Crippen LogP contribution in [0.2, 0.25) is 0 Å². The Bertz CT molecular complexity index is 1360. The molecule has 0 saturated carbocycles. The van der Waals surface area contributed by atoms with Crippen molar-refractivity contribution in [2.45, 2.75) is 77.5 Å². The molecule has 4 heterocycles. The molecule has 9 nitrogen and oxygen atoms in total. The third-order valence-electron chi connectivity index (χ3n) is 9.83. The molecule has 3 aliphatic heterocycles. The van der Waals surface area contributed by atoms with Crippen LogP contribution in [0.3, 0.4) is 0 Å². The van der Waals surface area contributed by atoms with Gasteiger partial charge in [0.25, 0.3) is 0 Å². The lowest BCUT2D eigenvalue weighted by Gasteiger charge is -2.27. The van der Waals surface area contributed by atoms with E-state index in [9.17, 15) is 9.69 Å². The lowest BCUT2D eigenvalue weighted by molar-refractivity contribution is -0.172. The van der Waals surface area contributed by atoms with E-state index in [1.54, 1.807) is 0 Å². The van der Waals surface area contributed by atoms with Gasteiger partial charge in [-0.25, -0.2) is 0 Å². The normalized spacial score (nSPS) is 37.6. The van der Waals surface area contributed by atoms with E-state index in [0.717, 1.165) is 22.4 Å². The van der Waals surface area contributed by atoms with Crippen molar-refractivity contribution in [2.75, 3.05) is 19.9 Å². The van der Waals surface area contributed by atoms with Crippen LogP contribution in [0.15, 0.2) is 46.3 Å². The third kappa shape index (κ3) is 6.01. The van der Waals surface area contributed by atoms with Gasteiger partial charge >= 0.3 is 0 Å². The minimum absolute atomic E-state index is 0.0127. The van der Waals surface area contributed by atoms with E-state index in [0.29, 0.717) is 18.7 Å². The molecule has 0 radical (unpaired) electrons. The average molecular weight is 628 g/mol. The van der Waals surface area contributed by atoms with Gasteiger partial charge in [0.2, 0.25) is 0 Å². The van der Waals surface area contributed by atoms with Gasteiger partial charge < -0.3 is 27.9 Å². The second-order valence-corrected chi connectivity index (χ2v) is 14.4. The minimum atomic E-state index is -1.26. The van der Waals surface area contributed by atoms with Crippen LogP contribution in [0.25, 0.3) is 6.08 Å². The molecule has 2 saturated heterocycles. The Morgan fingerprint density at radius 2 is 1.84 bits per heavy atom. The number of hydrogen-bond donors (Lipinski definition) is 0. The number of aromatic nitrogens is 1. The summed E-state index contributed by atoms with van der Waals surface area (Å²) >= 11 is 0. The standard InChI is InChI=1S/C32H41N2O7P2/c1-16-11-23-24(13-34-29(23)25(35)12-16)30-19(4)18(3)26(39-30)15-38-43(6)41-32-20(5)31(40-27(32)14-37-42-36)22-8-7-21-17(2)9-10-33-28(21)22/h7-11,13,18-20,22,24,26-27,30-32,42H,12,14-15H2,1-6H3/q-1/t18-,19?,20?,22?,24?,26-,27-,30-,31-,32-,43?/m1/s1. The Balaban J connectivity index is 1.08. The molecule has 2 fully saturated rings. The van der Waals surface area contributed by atoms with E-state index in [2.05, 4.69) is 55.9 Å². The number of fused-ring (bicyclic) bond motifs is 1. The molecule has 6 rings (SSSR count). The minimum Gasteiger partial charge on any atom is -0.810 e. The van der Waals surface area contributed by atoms with Crippen molar-refractivity contribution in [3.63, 3.8) is 0 Å². The number of Topliss-reactive ketones (excluding diaryl/α,β-unsaturated/α-hetero) is 1. The lowest BCUT2D eigenvalue weighted by atomic mass is 9.80. The fraction of sp³-hybridized carbons (Fsp3) is 0.594. The third-order valence-corrected chi connectivity index (χ3v) is 11.2. The molecule has 11 heteroatoms. The van der Waals surface area contributed by atoms with Crippen LogP contribution in [-0.4, -0.2) is 67.4 Å². The van der Waals surface area contributed by atoms with Gasteiger partial charge in [-0.3, -0.25) is 14.8 Å². The Morgan fingerprint density at radius 1 is 1.07 bits per heavy atom. The van der Waals surface area contributed by atoms with Gasteiger partial charge in [-0.05, 0) is 48.4 Å². The van der Waals surface area contributed by atoms with Crippen LogP contribution in [0.4, 0.5) is 0 Å². The first-order valence-corrected chi connectivity index (χ1v) is 17.6. The van der Waals surface area contributed by atoms with Crippen LogP contribution in [0, 0.1) is 30.6 Å². The number of ether oxygens (including phenoxy) is 2. The summed E-state index contributed by atoms with van der Waals surface area (Å²) in [6.07, 6.45) is 9.60. The number of carbonyl (C=O) groups excluding carboxylic acids is 1. The number of ketones is 1. The maximum atomic E-state index is 12.5. The maximum absolute atomic E-state index is 12.5. The number of nitrogens with zero attached hydrogens (tertiary/aromatic N) is 2. The van der Waals surface area contributed by atoms with E-state index in [1.165, 1.54) is 5.56 Å². The fourth-order valence-corrected chi connectivity index (χ4v) is 8.56. The largest absolute Gasteiger partial charge is 0.810 e. The number of aryl methyl sites for hydroxylation is 1. The van der Waals surface area contributed by atoms with Crippen molar-refractivity contribution in [1.82, 2.24) is 4.98 Å². The molecule has 6 unspecified atom stereocenters. The van der Waals surface area contributed by atoms with Gasteiger partial charge in [-0.1, -0.05) is 53.6 Å². The van der Waals surface area contributed by atoms with Crippen LogP contribution < -0.4 is 4.89 Å².